The lowest BCUT2D eigenvalue weighted by Crippen LogP contribution is -2.51. The van der Waals surface area contributed by atoms with Crippen LogP contribution in [0.5, 0.6) is 0 Å². The van der Waals surface area contributed by atoms with Crippen LogP contribution in [0.1, 0.15) is 55.6 Å². The monoisotopic (exact) mass is 497 g/mol. The van der Waals surface area contributed by atoms with Crippen molar-refractivity contribution in [1.82, 2.24) is 15.1 Å². The van der Waals surface area contributed by atoms with Crippen molar-refractivity contribution in [3.05, 3.63) is 58.5 Å². The van der Waals surface area contributed by atoms with Gasteiger partial charge in [0.2, 0.25) is 5.91 Å². The number of fused-ring (bicyclic) bond motifs is 2. The molecule has 6 nitrogen and oxygen atoms in total. The van der Waals surface area contributed by atoms with Crippen LogP contribution in [0.4, 0.5) is 24.7 Å². The number of carbonyl (C=O) groups is 1. The molecule has 1 aromatic heterocycles. The molecule has 0 unspecified atom stereocenters. The van der Waals surface area contributed by atoms with Gasteiger partial charge in [-0.15, -0.1) is 5.10 Å². The maximum Gasteiger partial charge on any atom is 0.266 e. The Morgan fingerprint density at radius 1 is 1.14 bits per heavy atom. The molecule has 2 aliphatic heterocycles. The number of nitrogens with one attached hydrogen (secondary N) is 1. The van der Waals surface area contributed by atoms with Crippen molar-refractivity contribution in [3.63, 3.8) is 0 Å². The fourth-order valence-electron chi connectivity index (χ4n) is 5.45. The first-order valence-electron chi connectivity index (χ1n) is 12.1. The highest BCUT2D eigenvalue weighted by atomic mass is 19.3. The highest BCUT2D eigenvalue weighted by Gasteiger charge is 2.45. The summed E-state index contributed by atoms with van der Waals surface area (Å²) in [5.41, 5.74) is 1.32. The molecule has 2 aromatic carbocycles. The van der Waals surface area contributed by atoms with E-state index in [0.29, 0.717) is 24.0 Å². The fraction of sp³-hybridized carbons (Fsp3) is 0.444. The summed E-state index contributed by atoms with van der Waals surface area (Å²) >= 11 is 0. The summed E-state index contributed by atoms with van der Waals surface area (Å²) in [6.07, 6.45) is -2.90. The number of amides is 1. The van der Waals surface area contributed by atoms with Gasteiger partial charge in [0, 0.05) is 47.6 Å². The first kappa shape index (κ1) is 24.5. The Labute approximate surface area is 208 Å². The van der Waals surface area contributed by atoms with E-state index in [1.807, 2.05) is 37.8 Å². The topological polar surface area (TPSA) is 61.4 Å². The molecule has 36 heavy (non-hydrogen) atoms. The zero-order chi connectivity index (χ0) is 25.9. The maximum atomic E-state index is 14.8. The van der Waals surface area contributed by atoms with E-state index < -0.39 is 29.3 Å². The smallest absolute Gasteiger partial charge is 0.266 e. The number of halogens is 3. The largest absolute Gasteiger partial charge is 0.361 e. The quantitative estimate of drug-likeness (QED) is 0.496. The molecule has 1 atom stereocenters. The molecular weight excluding hydrogens is 467 g/mol. The Bertz CT molecular complexity index is 1350. The van der Waals surface area contributed by atoms with Gasteiger partial charge in [0.1, 0.15) is 5.82 Å². The van der Waals surface area contributed by atoms with Crippen molar-refractivity contribution in [1.29, 1.82) is 0 Å². The summed E-state index contributed by atoms with van der Waals surface area (Å²) in [5, 5.41) is 13.4. The maximum absolute atomic E-state index is 14.8. The third-order valence-corrected chi connectivity index (χ3v) is 7.52. The molecule has 1 N–H and O–H groups in total. The zero-order valence-electron chi connectivity index (χ0n) is 21.1. The molecule has 0 bridgehead atoms. The Kier molecular flexibility index (Phi) is 5.94. The molecule has 1 amide bonds. The van der Waals surface area contributed by atoms with Crippen LogP contribution in [-0.4, -0.2) is 47.7 Å². The molecule has 0 aliphatic carbocycles. The normalized spacial score (nSPS) is 18.6. The van der Waals surface area contributed by atoms with Crippen molar-refractivity contribution < 1.29 is 18.0 Å². The Balaban J connectivity index is 1.56. The highest BCUT2D eigenvalue weighted by Crippen LogP contribution is 2.45. The van der Waals surface area contributed by atoms with Gasteiger partial charge in [-0.3, -0.25) is 4.79 Å². The van der Waals surface area contributed by atoms with E-state index in [9.17, 15) is 18.0 Å². The van der Waals surface area contributed by atoms with Crippen molar-refractivity contribution in [2.45, 2.75) is 45.6 Å². The van der Waals surface area contributed by atoms with Crippen LogP contribution in [0, 0.1) is 18.7 Å². The van der Waals surface area contributed by atoms with Gasteiger partial charge in [-0.1, -0.05) is 18.2 Å². The molecule has 0 radical (unpaired) electrons. The predicted octanol–water partition coefficient (Wildman–Crippen LogP) is 5.37. The Morgan fingerprint density at radius 2 is 1.83 bits per heavy atom. The number of carbonyl (C=O) groups excluding carboxylic acids is 1. The number of hydrogen-bond acceptors (Lipinski definition) is 5. The number of aromatic nitrogens is 2. The number of nitrogens with zero attached hydrogens (tertiary/aromatic N) is 4. The molecule has 1 saturated heterocycles. The third-order valence-electron chi connectivity index (χ3n) is 7.52. The molecule has 5 rings (SSSR count). The average molecular weight is 498 g/mol. The lowest BCUT2D eigenvalue weighted by Gasteiger charge is -2.38. The van der Waals surface area contributed by atoms with E-state index in [1.54, 1.807) is 6.92 Å². The van der Waals surface area contributed by atoms with Gasteiger partial charge in [-0.25, -0.2) is 13.2 Å². The summed E-state index contributed by atoms with van der Waals surface area (Å²) in [5.74, 6) is -0.0407. The van der Waals surface area contributed by atoms with Crippen LogP contribution in [-0.2, 0) is 10.2 Å². The first-order valence-corrected chi connectivity index (χ1v) is 12.1. The first-order chi connectivity index (χ1) is 17.0. The minimum atomic E-state index is -2.90. The molecular formula is C27H30F3N5O. The third kappa shape index (κ3) is 3.89. The summed E-state index contributed by atoms with van der Waals surface area (Å²) in [4.78, 5) is 17.5. The summed E-state index contributed by atoms with van der Waals surface area (Å²) in [7, 11) is 2.06. The van der Waals surface area contributed by atoms with Gasteiger partial charge in [0.15, 0.2) is 5.82 Å². The van der Waals surface area contributed by atoms with Gasteiger partial charge in [0.05, 0.1) is 22.7 Å². The SMILES string of the molecule is Cc1nnc(N[C@H](C)c2cccc(C(F)F)c2F)c2cc3c(cc12)C(C)(C)C(=O)N3CC1CN(C)C1. The van der Waals surface area contributed by atoms with Crippen LogP contribution in [0.3, 0.4) is 0 Å². The molecule has 2 aliphatic rings. The Morgan fingerprint density at radius 3 is 2.50 bits per heavy atom. The van der Waals surface area contributed by atoms with Gasteiger partial charge in [-0.2, -0.15) is 5.10 Å². The van der Waals surface area contributed by atoms with Crippen molar-refractivity contribution in [2.75, 3.05) is 36.9 Å². The number of aryl methyl sites for hydroxylation is 1. The Hall–Kier alpha value is -3.20. The van der Waals surface area contributed by atoms with Gasteiger partial charge in [0.25, 0.3) is 6.43 Å². The minimum Gasteiger partial charge on any atom is -0.361 e. The molecule has 1 fully saturated rings. The number of rotatable bonds is 6. The van der Waals surface area contributed by atoms with Crippen LogP contribution < -0.4 is 10.2 Å². The van der Waals surface area contributed by atoms with E-state index in [0.717, 1.165) is 41.2 Å². The second-order valence-electron chi connectivity index (χ2n) is 10.6. The van der Waals surface area contributed by atoms with E-state index >= 15 is 0 Å². The van der Waals surface area contributed by atoms with E-state index in [4.69, 9.17) is 0 Å². The van der Waals surface area contributed by atoms with Crippen LogP contribution in [0.2, 0.25) is 0 Å². The average Bonchev–Trinajstić information content (AvgIpc) is 2.99. The number of alkyl halides is 2. The fourth-order valence-corrected chi connectivity index (χ4v) is 5.45. The minimum absolute atomic E-state index is 0.0645. The molecule has 0 saturated carbocycles. The molecule has 190 valence electrons. The summed E-state index contributed by atoms with van der Waals surface area (Å²) < 4.78 is 41.3. The lowest BCUT2D eigenvalue weighted by atomic mass is 9.85. The molecule has 3 aromatic rings. The van der Waals surface area contributed by atoms with Crippen molar-refractivity contribution >= 4 is 28.2 Å². The molecule has 3 heterocycles. The second-order valence-corrected chi connectivity index (χ2v) is 10.6. The van der Waals surface area contributed by atoms with Crippen molar-refractivity contribution in [3.8, 4) is 0 Å². The number of likely N-dealkylation sites (tertiary alicyclic amines) is 1. The highest BCUT2D eigenvalue weighted by molar-refractivity contribution is 6.11. The number of anilines is 2. The van der Waals surface area contributed by atoms with E-state index in [2.05, 4.69) is 27.5 Å². The van der Waals surface area contributed by atoms with Crippen LogP contribution >= 0.6 is 0 Å². The lowest BCUT2D eigenvalue weighted by molar-refractivity contribution is -0.122. The predicted molar refractivity (Wildman–Crippen MR) is 134 cm³/mol. The van der Waals surface area contributed by atoms with Gasteiger partial charge in [-0.05, 0) is 52.4 Å². The molecule has 0 spiro atoms. The van der Waals surface area contributed by atoms with Crippen LogP contribution in [0.25, 0.3) is 10.8 Å². The van der Waals surface area contributed by atoms with Crippen molar-refractivity contribution in [2.24, 2.45) is 5.92 Å². The second kappa shape index (κ2) is 8.73. The molecule has 9 heteroatoms. The zero-order valence-corrected chi connectivity index (χ0v) is 21.1. The van der Waals surface area contributed by atoms with E-state index in [1.165, 1.54) is 12.1 Å². The van der Waals surface area contributed by atoms with Gasteiger partial charge >= 0.3 is 0 Å². The van der Waals surface area contributed by atoms with Gasteiger partial charge < -0.3 is 15.1 Å². The van der Waals surface area contributed by atoms with Crippen LogP contribution in [0.15, 0.2) is 30.3 Å². The summed E-state index contributed by atoms with van der Waals surface area (Å²) in [6.45, 7) is 9.98. The summed E-state index contributed by atoms with van der Waals surface area (Å²) in [6, 6.07) is 7.33. The number of hydrogen-bond donors (Lipinski definition) is 1. The standard InChI is InChI=1S/C27H30F3N5O/c1-14(17-7-6-8-18(23(17)28)24(29)30)31-25-20-10-22-21(9-19(20)15(2)32-33-25)27(3,4)26(36)35(22)13-16-11-34(5)12-16/h6-10,14,16,24H,11-13H2,1-5H3,(H,31,33)/t14-/m1/s1. The van der Waals surface area contributed by atoms with E-state index in [-0.39, 0.29) is 11.5 Å². The number of benzene rings is 2.